The number of nitrogens with zero attached hydrogens (tertiary/aromatic N) is 2. The Balaban J connectivity index is 1.67. The van der Waals surface area contributed by atoms with Gasteiger partial charge >= 0.3 is 0 Å². The van der Waals surface area contributed by atoms with Crippen molar-refractivity contribution in [1.29, 1.82) is 0 Å². The number of hydrogen-bond donors (Lipinski definition) is 1. The number of aryl methyl sites for hydroxylation is 3. The van der Waals surface area contributed by atoms with Crippen LogP contribution < -0.4 is 5.32 Å². The van der Waals surface area contributed by atoms with Crippen molar-refractivity contribution in [1.82, 2.24) is 9.97 Å². The van der Waals surface area contributed by atoms with E-state index in [4.69, 9.17) is 0 Å². The zero-order chi connectivity index (χ0) is 18.5. The molecule has 132 valence electrons. The zero-order valence-corrected chi connectivity index (χ0v) is 15.9. The third-order valence-electron chi connectivity index (χ3n) is 3.74. The van der Waals surface area contributed by atoms with Crippen molar-refractivity contribution in [2.24, 2.45) is 0 Å². The Morgan fingerprint density at radius 1 is 0.962 bits per heavy atom. The molecule has 0 aliphatic carbocycles. The molecule has 0 unspecified atom stereocenters. The molecule has 0 aliphatic heterocycles. The molecule has 0 radical (unpaired) electrons. The van der Waals surface area contributed by atoms with Crippen LogP contribution in [0.4, 0.5) is 5.69 Å². The fraction of sp³-hybridized carbons (Fsp3) is 0.190. The van der Waals surface area contributed by atoms with Crippen LogP contribution in [0.2, 0.25) is 0 Å². The van der Waals surface area contributed by atoms with Crippen LogP contribution in [0.5, 0.6) is 0 Å². The zero-order valence-electron chi connectivity index (χ0n) is 15.1. The number of nitrogens with one attached hydrogen (secondary N) is 1. The Kier molecular flexibility index (Phi) is 5.68. The molecule has 26 heavy (non-hydrogen) atoms. The van der Waals surface area contributed by atoms with Crippen LogP contribution in [-0.4, -0.2) is 21.6 Å². The highest BCUT2D eigenvalue weighted by molar-refractivity contribution is 7.99. The molecule has 0 saturated heterocycles. The lowest BCUT2D eigenvalue weighted by Crippen LogP contribution is -2.14. The number of aromatic nitrogens is 2. The number of carbonyl (C=O) groups excluding carboxylic acids is 1. The molecular formula is C21H21N3OS. The van der Waals surface area contributed by atoms with E-state index in [2.05, 4.69) is 21.4 Å². The fourth-order valence-electron chi connectivity index (χ4n) is 2.74. The average Bonchev–Trinajstić information content (AvgIpc) is 2.59. The van der Waals surface area contributed by atoms with Gasteiger partial charge in [0.25, 0.3) is 0 Å². The molecule has 0 aliphatic rings. The normalized spacial score (nSPS) is 10.6. The van der Waals surface area contributed by atoms with E-state index in [0.717, 1.165) is 33.8 Å². The first-order valence-corrected chi connectivity index (χ1v) is 9.40. The lowest BCUT2D eigenvalue weighted by atomic mass is 10.1. The third-order valence-corrected chi connectivity index (χ3v) is 4.59. The van der Waals surface area contributed by atoms with Crippen molar-refractivity contribution < 1.29 is 4.79 Å². The van der Waals surface area contributed by atoms with Gasteiger partial charge in [-0.25, -0.2) is 9.97 Å². The number of benzene rings is 2. The minimum atomic E-state index is -0.0635. The van der Waals surface area contributed by atoms with Crippen LogP contribution >= 0.6 is 11.8 Å². The molecule has 0 atom stereocenters. The van der Waals surface area contributed by atoms with Gasteiger partial charge in [0.15, 0.2) is 5.16 Å². The molecule has 1 heterocycles. The third kappa shape index (κ3) is 4.92. The van der Waals surface area contributed by atoms with E-state index in [1.807, 2.05) is 69.3 Å². The van der Waals surface area contributed by atoms with Crippen LogP contribution in [0, 0.1) is 20.8 Å². The second kappa shape index (κ2) is 8.15. The van der Waals surface area contributed by atoms with E-state index < -0.39 is 0 Å². The maximum absolute atomic E-state index is 12.3. The van der Waals surface area contributed by atoms with Crippen LogP contribution in [0.3, 0.4) is 0 Å². The molecule has 1 N–H and O–H groups in total. The Morgan fingerprint density at radius 2 is 1.65 bits per heavy atom. The molecule has 1 amide bonds. The molecule has 5 heteroatoms. The fourth-order valence-corrected chi connectivity index (χ4v) is 3.44. The quantitative estimate of drug-likeness (QED) is 0.522. The molecule has 4 nitrogen and oxygen atoms in total. The van der Waals surface area contributed by atoms with Gasteiger partial charge in [0, 0.05) is 16.9 Å². The van der Waals surface area contributed by atoms with Gasteiger partial charge in [-0.15, -0.1) is 0 Å². The first-order valence-electron chi connectivity index (χ1n) is 8.41. The molecule has 3 rings (SSSR count). The second-order valence-electron chi connectivity index (χ2n) is 6.26. The summed E-state index contributed by atoms with van der Waals surface area (Å²) >= 11 is 1.34. The molecule has 3 aromatic rings. The first kappa shape index (κ1) is 18.1. The molecule has 0 saturated carbocycles. The Morgan fingerprint density at radius 3 is 2.35 bits per heavy atom. The summed E-state index contributed by atoms with van der Waals surface area (Å²) in [4.78, 5) is 21.3. The summed E-state index contributed by atoms with van der Waals surface area (Å²) in [5.41, 5.74) is 5.87. The van der Waals surface area contributed by atoms with Gasteiger partial charge in [0.2, 0.25) is 5.91 Å². The average molecular weight is 363 g/mol. The smallest absolute Gasteiger partial charge is 0.234 e. The van der Waals surface area contributed by atoms with Crippen LogP contribution in [0.1, 0.15) is 16.8 Å². The molecule has 0 spiro atoms. The predicted octanol–water partition coefficient (Wildman–Crippen LogP) is 4.80. The van der Waals surface area contributed by atoms with Crippen molar-refractivity contribution in [2.75, 3.05) is 11.1 Å². The topological polar surface area (TPSA) is 54.9 Å². The van der Waals surface area contributed by atoms with Gasteiger partial charge in [-0.1, -0.05) is 48.2 Å². The summed E-state index contributed by atoms with van der Waals surface area (Å²) in [5, 5.41) is 3.55. The van der Waals surface area contributed by atoms with Crippen molar-refractivity contribution in [3.63, 3.8) is 0 Å². The SMILES string of the molecule is Cc1cc(C)cc(NC(=O)CSc2nc(C)cc(-c3ccccc3)n2)c1. The number of amides is 1. The minimum Gasteiger partial charge on any atom is -0.325 e. The van der Waals surface area contributed by atoms with E-state index in [1.165, 1.54) is 11.8 Å². The van der Waals surface area contributed by atoms with E-state index >= 15 is 0 Å². The van der Waals surface area contributed by atoms with Gasteiger partial charge in [-0.05, 0) is 50.1 Å². The lowest BCUT2D eigenvalue weighted by molar-refractivity contribution is -0.113. The van der Waals surface area contributed by atoms with Crippen LogP contribution in [0.25, 0.3) is 11.3 Å². The molecule has 2 aromatic carbocycles. The van der Waals surface area contributed by atoms with Crippen molar-refractivity contribution in [3.8, 4) is 11.3 Å². The molecule has 0 fully saturated rings. The van der Waals surface area contributed by atoms with Crippen LogP contribution in [-0.2, 0) is 4.79 Å². The van der Waals surface area contributed by atoms with Gasteiger partial charge < -0.3 is 5.32 Å². The summed E-state index contributed by atoms with van der Waals surface area (Å²) in [5.74, 6) is 0.205. The Hall–Kier alpha value is -2.66. The number of carbonyl (C=O) groups is 1. The minimum absolute atomic E-state index is 0.0635. The van der Waals surface area contributed by atoms with E-state index in [1.54, 1.807) is 0 Å². The highest BCUT2D eigenvalue weighted by Gasteiger charge is 2.09. The molecule has 1 aromatic heterocycles. The van der Waals surface area contributed by atoms with Gasteiger partial charge in [-0.3, -0.25) is 4.79 Å². The second-order valence-corrected chi connectivity index (χ2v) is 7.20. The summed E-state index contributed by atoms with van der Waals surface area (Å²) < 4.78 is 0. The Labute approximate surface area is 158 Å². The van der Waals surface area contributed by atoms with Gasteiger partial charge in [-0.2, -0.15) is 0 Å². The summed E-state index contributed by atoms with van der Waals surface area (Å²) in [6.45, 7) is 5.97. The van der Waals surface area contributed by atoms with Crippen molar-refractivity contribution in [2.45, 2.75) is 25.9 Å². The number of rotatable bonds is 5. The maximum Gasteiger partial charge on any atom is 0.234 e. The summed E-state index contributed by atoms with van der Waals surface area (Å²) in [6, 6.07) is 17.9. The molecular weight excluding hydrogens is 342 g/mol. The van der Waals surface area contributed by atoms with E-state index in [-0.39, 0.29) is 11.7 Å². The van der Waals surface area contributed by atoms with E-state index in [9.17, 15) is 4.79 Å². The van der Waals surface area contributed by atoms with Gasteiger partial charge in [0.05, 0.1) is 11.4 Å². The highest BCUT2D eigenvalue weighted by atomic mass is 32.2. The van der Waals surface area contributed by atoms with E-state index in [0.29, 0.717) is 5.16 Å². The molecule has 0 bridgehead atoms. The number of hydrogen-bond acceptors (Lipinski definition) is 4. The Bertz CT molecular complexity index is 906. The number of anilines is 1. The van der Waals surface area contributed by atoms with Gasteiger partial charge in [0.1, 0.15) is 0 Å². The number of thioether (sulfide) groups is 1. The summed E-state index contributed by atoms with van der Waals surface area (Å²) in [6.07, 6.45) is 0. The monoisotopic (exact) mass is 363 g/mol. The summed E-state index contributed by atoms with van der Waals surface area (Å²) in [7, 11) is 0. The standard InChI is InChI=1S/C21H21N3OS/c1-14-9-15(2)11-18(10-14)23-20(25)13-26-21-22-16(3)12-19(24-21)17-7-5-4-6-8-17/h4-12H,13H2,1-3H3,(H,23,25). The van der Waals surface area contributed by atoms with Crippen LogP contribution in [0.15, 0.2) is 59.8 Å². The lowest BCUT2D eigenvalue weighted by Gasteiger charge is -2.08. The highest BCUT2D eigenvalue weighted by Crippen LogP contribution is 2.22. The maximum atomic E-state index is 12.3. The largest absolute Gasteiger partial charge is 0.325 e. The van der Waals surface area contributed by atoms with Crippen molar-refractivity contribution in [3.05, 3.63) is 71.4 Å². The first-order chi connectivity index (χ1) is 12.5. The predicted molar refractivity (Wildman–Crippen MR) is 107 cm³/mol. The van der Waals surface area contributed by atoms with Crippen molar-refractivity contribution >= 4 is 23.4 Å².